The van der Waals surface area contributed by atoms with Crippen molar-refractivity contribution in [2.75, 3.05) is 19.6 Å². The van der Waals surface area contributed by atoms with Crippen molar-refractivity contribution in [3.63, 3.8) is 0 Å². The second-order valence-electron chi connectivity index (χ2n) is 5.11. The van der Waals surface area contributed by atoms with Gasteiger partial charge in [0.1, 0.15) is 0 Å². The Morgan fingerprint density at radius 3 is 2.65 bits per heavy atom. The van der Waals surface area contributed by atoms with Crippen LogP contribution in [0.3, 0.4) is 0 Å². The Morgan fingerprint density at radius 2 is 2.10 bits per heavy atom. The first-order valence-electron chi connectivity index (χ1n) is 6.83. The van der Waals surface area contributed by atoms with Crippen LogP contribution >= 0.6 is 11.3 Å². The summed E-state index contributed by atoms with van der Waals surface area (Å²) in [6.45, 7) is 4.18. The van der Waals surface area contributed by atoms with Crippen molar-refractivity contribution in [3.8, 4) is 0 Å². The Bertz CT molecular complexity index is 479. The van der Waals surface area contributed by atoms with Crippen molar-refractivity contribution in [2.45, 2.75) is 26.3 Å². The van der Waals surface area contributed by atoms with Crippen molar-refractivity contribution >= 4 is 23.2 Å². The monoisotopic (exact) mass is 296 g/mol. The summed E-state index contributed by atoms with van der Waals surface area (Å²) in [4.78, 5) is 27.1. The van der Waals surface area contributed by atoms with Crippen LogP contribution in [0.1, 0.15) is 22.6 Å². The first-order valence-corrected chi connectivity index (χ1v) is 7.64. The van der Waals surface area contributed by atoms with Gasteiger partial charge in [-0.05, 0) is 31.9 Å². The molecule has 5 nitrogen and oxygen atoms in total. The van der Waals surface area contributed by atoms with Gasteiger partial charge in [-0.1, -0.05) is 0 Å². The van der Waals surface area contributed by atoms with Crippen LogP contribution < -0.4 is 5.32 Å². The van der Waals surface area contributed by atoms with E-state index < -0.39 is 5.97 Å². The molecule has 0 bridgehead atoms. The van der Waals surface area contributed by atoms with Gasteiger partial charge in [-0.25, -0.2) is 0 Å². The number of hydrogen-bond donors (Lipinski definition) is 2. The van der Waals surface area contributed by atoms with E-state index in [1.54, 1.807) is 16.2 Å². The van der Waals surface area contributed by atoms with Crippen molar-refractivity contribution in [1.82, 2.24) is 10.2 Å². The van der Waals surface area contributed by atoms with Crippen LogP contribution in [0.2, 0.25) is 0 Å². The van der Waals surface area contributed by atoms with Crippen LogP contribution in [0, 0.1) is 12.8 Å². The maximum absolute atomic E-state index is 12.0. The standard InChI is InChI=1S/C14H20N2O3S/c1-10-2-3-12(20-10)8-15-9-13(17)16-6-4-11(5-7-16)14(18)19/h2-3,11,15H,4-9H2,1H3,(H,18,19). The van der Waals surface area contributed by atoms with Crippen molar-refractivity contribution in [3.05, 3.63) is 21.9 Å². The van der Waals surface area contributed by atoms with Crippen molar-refractivity contribution < 1.29 is 14.7 Å². The molecule has 0 radical (unpaired) electrons. The van der Waals surface area contributed by atoms with E-state index >= 15 is 0 Å². The summed E-state index contributed by atoms with van der Waals surface area (Å²) in [7, 11) is 0. The van der Waals surface area contributed by atoms with E-state index in [0.717, 1.165) is 0 Å². The van der Waals surface area contributed by atoms with Crippen LogP contribution in [-0.4, -0.2) is 41.5 Å². The smallest absolute Gasteiger partial charge is 0.306 e. The van der Waals surface area contributed by atoms with E-state index in [-0.39, 0.29) is 11.8 Å². The molecule has 1 aliphatic heterocycles. The lowest BCUT2D eigenvalue weighted by Gasteiger charge is -2.30. The van der Waals surface area contributed by atoms with Gasteiger partial charge in [-0.15, -0.1) is 11.3 Å². The Morgan fingerprint density at radius 1 is 1.40 bits per heavy atom. The van der Waals surface area contributed by atoms with E-state index in [0.29, 0.717) is 39.0 Å². The number of nitrogens with zero attached hydrogens (tertiary/aromatic N) is 1. The number of hydrogen-bond acceptors (Lipinski definition) is 4. The molecule has 0 spiro atoms. The summed E-state index contributed by atoms with van der Waals surface area (Å²) >= 11 is 1.73. The van der Waals surface area contributed by atoms with E-state index in [1.165, 1.54) is 9.75 Å². The number of nitrogens with one attached hydrogen (secondary N) is 1. The Hall–Kier alpha value is -1.40. The molecule has 1 amide bonds. The quantitative estimate of drug-likeness (QED) is 0.863. The molecule has 1 aromatic rings. The van der Waals surface area contributed by atoms with Gasteiger partial charge in [-0.3, -0.25) is 9.59 Å². The lowest BCUT2D eigenvalue weighted by Crippen LogP contribution is -2.43. The molecule has 1 aromatic heterocycles. The maximum Gasteiger partial charge on any atom is 0.306 e. The predicted molar refractivity (Wildman–Crippen MR) is 77.7 cm³/mol. The second kappa shape index (κ2) is 6.85. The predicted octanol–water partition coefficient (Wildman–Crippen LogP) is 1.47. The summed E-state index contributed by atoms with van der Waals surface area (Å²) in [5.41, 5.74) is 0. The second-order valence-corrected chi connectivity index (χ2v) is 6.48. The van der Waals surface area contributed by atoms with Gasteiger partial charge in [0.25, 0.3) is 0 Å². The molecule has 1 aliphatic rings. The summed E-state index contributed by atoms with van der Waals surface area (Å²) in [5.74, 6) is -0.980. The number of carbonyl (C=O) groups excluding carboxylic acids is 1. The van der Waals surface area contributed by atoms with Gasteiger partial charge in [-0.2, -0.15) is 0 Å². The molecule has 0 aliphatic carbocycles. The van der Waals surface area contributed by atoms with Gasteiger partial charge in [0.2, 0.25) is 5.91 Å². The molecule has 1 fully saturated rings. The van der Waals surface area contributed by atoms with Crippen LogP contribution in [0.25, 0.3) is 0 Å². The molecule has 110 valence electrons. The van der Waals surface area contributed by atoms with E-state index in [1.807, 2.05) is 0 Å². The number of rotatable bonds is 5. The fourth-order valence-corrected chi connectivity index (χ4v) is 3.22. The molecule has 0 saturated carbocycles. The van der Waals surface area contributed by atoms with E-state index in [4.69, 9.17) is 5.11 Å². The average molecular weight is 296 g/mol. The van der Waals surface area contributed by atoms with Crippen LogP contribution in [-0.2, 0) is 16.1 Å². The summed E-state index contributed by atoms with van der Waals surface area (Å²) in [5, 5.41) is 12.1. The molecule has 2 rings (SSSR count). The number of piperidine rings is 1. The highest BCUT2D eigenvalue weighted by Gasteiger charge is 2.26. The van der Waals surface area contributed by atoms with Crippen molar-refractivity contribution in [2.24, 2.45) is 5.92 Å². The molecule has 0 atom stereocenters. The average Bonchev–Trinajstić information content (AvgIpc) is 2.84. The van der Waals surface area contributed by atoms with Gasteiger partial charge in [0, 0.05) is 29.4 Å². The van der Waals surface area contributed by atoms with Gasteiger partial charge in [0.05, 0.1) is 12.5 Å². The summed E-state index contributed by atoms with van der Waals surface area (Å²) in [6.07, 6.45) is 1.12. The molecule has 2 N–H and O–H groups in total. The number of carbonyl (C=O) groups is 2. The first-order chi connectivity index (χ1) is 9.56. The minimum Gasteiger partial charge on any atom is -0.481 e. The number of carboxylic acids is 1. The fraction of sp³-hybridized carbons (Fsp3) is 0.571. The van der Waals surface area contributed by atoms with Crippen LogP contribution in [0.4, 0.5) is 0 Å². The summed E-state index contributed by atoms with van der Waals surface area (Å²) < 4.78 is 0. The third-order valence-electron chi connectivity index (χ3n) is 3.57. The van der Waals surface area contributed by atoms with Crippen molar-refractivity contribution in [1.29, 1.82) is 0 Å². The highest BCUT2D eigenvalue weighted by atomic mass is 32.1. The molecule has 1 saturated heterocycles. The lowest BCUT2D eigenvalue weighted by molar-refractivity contribution is -0.145. The number of likely N-dealkylation sites (tertiary alicyclic amines) is 1. The Labute approximate surface area is 122 Å². The Balaban J connectivity index is 1.69. The Kier molecular flexibility index (Phi) is 5.14. The third kappa shape index (κ3) is 4.05. The number of aryl methyl sites for hydroxylation is 1. The lowest BCUT2D eigenvalue weighted by atomic mass is 9.97. The molecular formula is C14H20N2O3S. The van der Waals surface area contributed by atoms with Crippen LogP contribution in [0.5, 0.6) is 0 Å². The molecular weight excluding hydrogens is 276 g/mol. The normalized spacial score (nSPS) is 16.4. The first kappa shape index (κ1) is 15.0. The topological polar surface area (TPSA) is 69.6 Å². The molecule has 0 aromatic carbocycles. The maximum atomic E-state index is 12.0. The minimum absolute atomic E-state index is 0.0575. The largest absolute Gasteiger partial charge is 0.481 e. The number of carboxylic acid groups (broad SMARTS) is 1. The molecule has 2 heterocycles. The summed E-state index contributed by atoms with van der Waals surface area (Å²) in [6, 6.07) is 4.13. The molecule has 0 unspecified atom stereocenters. The van der Waals surface area contributed by atoms with E-state index in [9.17, 15) is 9.59 Å². The zero-order valence-electron chi connectivity index (χ0n) is 11.6. The van der Waals surface area contributed by atoms with Gasteiger partial charge < -0.3 is 15.3 Å². The fourth-order valence-electron chi connectivity index (χ4n) is 2.36. The van der Waals surface area contributed by atoms with Gasteiger partial charge in [0.15, 0.2) is 0 Å². The number of thiophene rings is 1. The zero-order chi connectivity index (χ0) is 14.5. The highest BCUT2D eigenvalue weighted by Crippen LogP contribution is 2.17. The SMILES string of the molecule is Cc1ccc(CNCC(=O)N2CCC(C(=O)O)CC2)s1. The number of aliphatic carboxylic acids is 1. The third-order valence-corrected chi connectivity index (χ3v) is 4.57. The molecule has 6 heteroatoms. The molecule has 20 heavy (non-hydrogen) atoms. The van der Waals surface area contributed by atoms with E-state index in [2.05, 4.69) is 24.4 Å². The highest BCUT2D eigenvalue weighted by molar-refractivity contribution is 7.11. The van der Waals surface area contributed by atoms with Gasteiger partial charge >= 0.3 is 5.97 Å². The number of amides is 1. The minimum atomic E-state index is -0.747. The van der Waals surface area contributed by atoms with Crippen LogP contribution in [0.15, 0.2) is 12.1 Å². The zero-order valence-corrected chi connectivity index (χ0v) is 12.4.